The van der Waals surface area contributed by atoms with Crippen molar-refractivity contribution in [2.75, 3.05) is 0 Å². The van der Waals surface area contributed by atoms with E-state index < -0.39 is 7.12 Å². The van der Waals surface area contributed by atoms with E-state index in [1.54, 1.807) is 47.8 Å². The quantitative estimate of drug-likeness (QED) is 0.345. The second kappa shape index (κ2) is 11.9. The molecule has 0 fully saturated rings. The van der Waals surface area contributed by atoms with Gasteiger partial charge in [0, 0.05) is 9.35 Å². The lowest BCUT2D eigenvalue weighted by Gasteiger charge is -1.94. The zero-order chi connectivity index (χ0) is 20.4. The van der Waals surface area contributed by atoms with E-state index in [1.165, 1.54) is 40.9 Å². The Morgan fingerprint density at radius 1 is 0.893 bits per heavy atom. The van der Waals surface area contributed by atoms with Crippen molar-refractivity contribution >= 4 is 46.1 Å². The Balaban J connectivity index is 0.000000156. The summed E-state index contributed by atoms with van der Waals surface area (Å²) in [7, 11) is -1.33. The predicted octanol–water partition coefficient (Wildman–Crippen LogP) is 6.09. The Labute approximate surface area is 179 Å². The summed E-state index contributed by atoms with van der Waals surface area (Å²) in [6, 6.07) is 16.7. The molecule has 0 saturated heterocycles. The predicted molar refractivity (Wildman–Crippen MR) is 117 cm³/mol. The summed E-state index contributed by atoms with van der Waals surface area (Å²) in [5.41, 5.74) is 1.08. The molecule has 0 saturated carbocycles. The first kappa shape index (κ1) is 22.5. The zero-order valence-electron chi connectivity index (χ0n) is 14.4. The number of thiophene rings is 1. The first-order valence-corrected chi connectivity index (χ1v) is 10.5. The molecule has 8 heteroatoms. The standard InChI is InChI=1S/C10H7FS.C6H4BrF.C4H4BO2S/c11-9-5-3-8(4-6-9)10-2-1-7-12-10;7-5-1-3-6(8)4-2-5;6-5(7)4-2-1-3-8-4/h1-7H;1-4H;1-2,6-7H/q;;+1. The molecule has 0 radical (unpaired) electrons. The van der Waals surface area contributed by atoms with Crippen LogP contribution in [-0.2, 0) is 0 Å². The van der Waals surface area contributed by atoms with Crippen LogP contribution in [0.4, 0.5) is 8.78 Å². The molecule has 0 bridgehead atoms. The van der Waals surface area contributed by atoms with Gasteiger partial charge in [0.15, 0.2) is 6.08 Å². The van der Waals surface area contributed by atoms with Gasteiger partial charge in [-0.3, -0.25) is 0 Å². The van der Waals surface area contributed by atoms with Crippen molar-refractivity contribution in [2.45, 2.75) is 0 Å². The Bertz CT molecular complexity index is 876. The molecule has 2 N–H and O–H groups in total. The molecular weight excluding hydrogens is 465 g/mol. The molecule has 3 aromatic rings. The third kappa shape index (κ3) is 8.06. The van der Waals surface area contributed by atoms with Gasteiger partial charge in [0.2, 0.25) is 0 Å². The van der Waals surface area contributed by atoms with Gasteiger partial charge in [0.1, 0.15) is 21.8 Å². The number of allylic oxidation sites excluding steroid dienone is 2. The molecule has 0 unspecified atom stereocenters. The highest BCUT2D eigenvalue weighted by atomic mass is 79.9. The molecule has 142 valence electrons. The van der Waals surface area contributed by atoms with E-state index >= 15 is 0 Å². The minimum Gasteiger partial charge on any atom is -0.422 e. The summed E-state index contributed by atoms with van der Waals surface area (Å²) in [6.07, 6.45) is 3.27. The van der Waals surface area contributed by atoms with Gasteiger partial charge in [0.25, 0.3) is 0 Å². The second-order valence-corrected chi connectivity index (χ2v) is 8.02. The van der Waals surface area contributed by atoms with Crippen molar-refractivity contribution < 1.29 is 18.8 Å². The fraction of sp³-hybridized carbons (Fsp3) is 0. The molecule has 1 aliphatic heterocycles. The molecule has 1 aliphatic rings. The largest absolute Gasteiger partial charge is 0.520 e. The zero-order valence-corrected chi connectivity index (χ0v) is 17.6. The smallest absolute Gasteiger partial charge is 0.422 e. The third-order valence-corrected chi connectivity index (χ3v) is 5.48. The van der Waals surface area contributed by atoms with Crippen molar-refractivity contribution in [1.29, 1.82) is 0 Å². The molecule has 4 rings (SSSR count). The minimum absolute atomic E-state index is 0.185. The summed E-state index contributed by atoms with van der Waals surface area (Å²) in [4.78, 5) is 1.71. The van der Waals surface area contributed by atoms with Crippen molar-refractivity contribution in [3.05, 3.63) is 105 Å². The molecular formula is C20H15BBrF2O2S2+. The molecule has 2 aromatic carbocycles. The Morgan fingerprint density at radius 2 is 1.50 bits per heavy atom. The molecule has 0 spiro atoms. The molecule has 2 heterocycles. The first-order chi connectivity index (χ1) is 13.5. The van der Waals surface area contributed by atoms with Crippen LogP contribution in [0.5, 0.6) is 0 Å². The van der Waals surface area contributed by atoms with Crippen LogP contribution in [0.2, 0.25) is 0 Å². The molecule has 28 heavy (non-hydrogen) atoms. The Morgan fingerprint density at radius 3 is 1.89 bits per heavy atom. The van der Waals surface area contributed by atoms with Crippen molar-refractivity contribution in [1.82, 2.24) is 0 Å². The van der Waals surface area contributed by atoms with E-state index in [2.05, 4.69) is 21.3 Å². The summed E-state index contributed by atoms with van der Waals surface area (Å²) in [5.74, 6) is -0.386. The maximum atomic E-state index is 12.5. The van der Waals surface area contributed by atoms with Crippen LogP contribution in [0.3, 0.4) is 0 Å². The van der Waals surface area contributed by atoms with Gasteiger partial charge in [-0.1, -0.05) is 34.1 Å². The van der Waals surface area contributed by atoms with Gasteiger partial charge in [-0.25, -0.2) is 8.78 Å². The fourth-order valence-corrected chi connectivity index (χ4v) is 3.39. The van der Waals surface area contributed by atoms with E-state index in [9.17, 15) is 8.78 Å². The average Bonchev–Trinajstić information content (AvgIpc) is 3.40. The lowest BCUT2D eigenvalue weighted by molar-refractivity contribution is 0.423. The summed E-state index contributed by atoms with van der Waals surface area (Å²) >= 11 is 6.04. The summed E-state index contributed by atoms with van der Waals surface area (Å²) in [5, 5.41) is 21.7. The Kier molecular flexibility index (Phi) is 9.57. The van der Waals surface area contributed by atoms with Crippen LogP contribution in [0, 0.1) is 17.0 Å². The number of hydrogen-bond donors (Lipinski definition) is 2. The highest BCUT2D eigenvalue weighted by Crippen LogP contribution is 2.24. The van der Waals surface area contributed by atoms with E-state index in [4.69, 9.17) is 10.0 Å². The van der Waals surface area contributed by atoms with Gasteiger partial charge < -0.3 is 10.0 Å². The maximum absolute atomic E-state index is 12.5. The van der Waals surface area contributed by atoms with Gasteiger partial charge in [-0.05, 0) is 53.4 Å². The van der Waals surface area contributed by atoms with Crippen LogP contribution in [0.25, 0.3) is 10.4 Å². The van der Waals surface area contributed by atoms with E-state index in [-0.39, 0.29) is 11.6 Å². The summed E-state index contributed by atoms with van der Waals surface area (Å²) in [6.45, 7) is 0. The highest BCUT2D eigenvalue weighted by molar-refractivity contribution is 9.10. The van der Waals surface area contributed by atoms with Crippen molar-refractivity contribution in [3.63, 3.8) is 0 Å². The maximum Gasteiger partial charge on any atom is 0.520 e. The van der Waals surface area contributed by atoms with Crippen LogP contribution >= 0.6 is 39.0 Å². The van der Waals surface area contributed by atoms with Crippen LogP contribution < -0.4 is 0 Å². The van der Waals surface area contributed by atoms with Crippen molar-refractivity contribution in [2.24, 2.45) is 0 Å². The molecule has 0 amide bonds. The first-order valence-electron chi connectivity index (χ1n) is 7.98. The third-order valence-electron chi connectivity index (χ3n) is 3.20. The van der Waals surface area contributed by atoms with Crippen LogP contribution in [-0.4, -0.2) is 17.2 Å². The van der Waals surface area contributed by atoms with Gasteiger partial charge >= 0.3 is 7.12 Å². The monoisotopic (exact) mass is 479 g/mol. The van der Waals surface area contributed by atoms with E-state index in [0.29, 0.717) is 4.80 Å². The molecule has 2 nitrogen and oxygen atoms in total. The minimum atomic E-state index is -1.33. The van der Waals surface area contributed by atoms with Gasteiger partial charge in [-0.15, -0.1) is 11.3 Å². The fourth-order valence-electron chi connectivity index (χ4n) is 1.88. The second-order valence-electron chi connectivity index (χ2n) is 5.25. The summed E-state index contributed by atoms with van der Waals surface area (Å²) < 4.78 is 25.5. The van der Waals surface area contributed by atoms with Crippen LogP contribution in [0.1, 0.15) is 0 Å². The number of thioether (sulfide) groups is 1. The highest BCUT2D eigenvalue weighted by Gasteiger charge is 2.24. The van der Waals surface area contributed by atoms with Gasteiger partial charge in [-0.2, -0.15) is 0 Å². The van der Waals surface area contributed by atoms with Gasteiger partial charge in [0.05, 0.1) is 17.8 Å². The normalized spacial score (nSPS) is 11.4. The molecule has 0 aliphatic carbocycles. The lowest BCUT2D eigenvalue weighted by Crippen LogP contribution is -2.11. The Hall–Kier alpha value is -1.80. The van der Waals surface area contributed by atoms with E-state index in [1.807, 2.05) is 17.5 Å². The van der Waals surface area contributed by atoms with Crippen LogP contribution in [0.15, 0.2) is 87.5 Å². The molecule has 1 aromatic heterocycles. The molecule has 0 atom stereocenters. The van der Waals surface area contributed by atoms with Crippen molar-refractivity contribution in [3.8, 4) is 10.4 Å². The average molecular weight is 480 g/mol. The SMILES string of the molecule is Fc1ccc(-c2cccs2)cc1.Fc1ccc(Br)cc1.OB(O)C1=CC=[C+]S1. The lowest BCUT2D eigenvalue weighted by atomic mass is 9.91. The van der Waals surface area contributed by atoms with E-state index in [0.717, 1.165) is 10.0 Å². The number of hydrogen-bond acceptors (Lipinski definition) is 4. The number of benzene rings is 2. The number of halogens is 3. The number of rotatable bonds is 2. The topological polar surface area (TPSA) is 40.5 Å².